The zero-order chi connectivity index (χ0) is 16.5. The van der Waals surface area contributed by atoms with E-state index < -0.39 is 0 Å². The third-order valence-corrected chi connectivity index (χ3v) is 3.85. The molecule has 1 aliphatic rings. The van der Waals surface area contributed by atoms with Gasteiger partial charge in [-0.05, 0) is 14.0 Å². The minimum Gasteiger partial charge on any atom is -0.353 e. The quantitative estimate of drug-likeness (QED) is 0.467. The highest BCUT2D eigenvalue weighted by molar-refractivity contribution is 5.83. The second-order valence-electron chi connectivity index (χ2n) is 5.95. The number of amides is 2. The first-order valence-electron chi connectivity index (χ1n) is 7.79. The van der Waals surface area contributed by atoms with Crippen molar-refractivity contribution in [1.82, 2.24) is 20.0 Å². The highest BCUT2D eigenvalue weighted by Crippen LogP contribution is 1.98. The lowest BCUT2D eigenvalue weighted by molar-refractivity contribution is -0.132. The van der Waals surface area contributed by atoms with E-state index in [0.29, 0.717) is 19.6 Å². The maximum absolute atomic E-state index is 11.8. The Morgan fingerprint density at radius 1 is 1.09 bits per heavy atom. The predicted octanol–water partition coefficient (Wildman–Crippen LogP) is -0.822. The number of likely N-dealkylation sites (N-methyl/N-ethyl adjacent to an activating group) is 2. The van der Waals surface area contributed by atoms with Gasteiger partial charge in [0, 0.05) is 59.2 Å². The number of piperazine rings is 1. The summed E-state index contributed by atoms with van der Waals surface area (Å²) in [6.07, 6.45) is 0.514. The second kappa shape index (κ2) is 9.53. The minimum atomic E-state index is -0.0662. The molecule has 1 N–H and O–H groups in total. The van der Waals surface area contributed by atoms with Gasteiger partial charge >= 0.3 is 0 Å². The molecule has 1 rings (SSSR count). The van der Waals surface area contributed by atoms with Gasteiger partial charge in [-0.25, -0.2) is 0 Å². The van der Waals surface area contributed by atoms with E-state index in [9.17, 15) is 14.4 Å². The molecular formula is C15H28N4O3. The van der Waals surface area contributed by atoms with E-state index in [1.54, 1.807) is 11.9 Å². The summed E-state index contributed by atoms with van der Waals surface area (Å²) in [7, 11) is 3.77. The van der Waals surface area contributed by atoms with Gasteiger partial charge in [0.2, 0.25) is 11.8 Å². The summed E-state index contributed by atoms with van der Waals surface area (Å²) in [5.41, 5.74) is 0. The van der Waals surface area contributed by atoms with Crippen LogP contribution in [0.15, 0.2) is 0 Å². The van der Waals surface area contributed by atoms with E-state index >= 15 is 0 Å². The molecule has 1 aliphatic heterocycles. The van der Waals surface area contributed by atoms with Crippen LogP contribution in [0.4, 0.5) is 0 Å². The van der Waals surface area contributed by atoms with Crippen LogP contribution in [0.3, 0.4) is 0 Å². The molecule has 0 saturated carbocycles. The zero-order valence-corrected chi connectivity index (χ0v) is 13.9. The maximum atomic E-state index is 11.8. The van der Waals surface area contributed by atoms with E-state index in [0.717, 1.165) is 26.2 Å². The highest BCUT2D eigenvalue weighted by atomic mass is 16.2. The molecule has 0 aromatic carbocycles. The van der Waals surface area contributed by atoms with Crippen LogP contribution >= 0.6 is 0 Å². The van der Waals surface area contributed by atoms with E-state index in [1.807, 2.05) is 0 Å². The fourth-order valence-electron chi connectivity index (χ4n) is 2.23. The lowest BCUT2D eigenvalue weighted by Gasteiger charge is -2.31. The van der Waals surface area contributed by atoms with Crippen LogP contribution in [-0.2, 0) is 14.4 Å². The van der Waals surface area contributed by atoms with Gasteiger partial charge < -0.3 is 19.9 Å². The Morgan fingerprint density at radius 2 is 1.73 bits per heavy atom. The molecule has 7 heteroatoms. The van der Waals surface area contributed by atoms with Crippen LogP contribution in [0.25, 0.3) is 0 Å². The Bertz CT molecular complexity index is 392. The Hall–Kier alpha value is -1.47. The summed E-state index contributed by atoms with van der Waals surface area (Å²) < 4.78 is 0. The van der Waals surface area contributed by atoms with Gasteiger partial charge in [-0.1, -0.05) is 0 Å². The summed E-state index contributed by atoms with van der Waals surface area (Å²) in [6.45, 7) is 6.59. The van der Waals surface area contributed by atoms with Crippen molar-refractivity contribution in [2.24, 2.45) is 0 Å². The monoisotopic (exact) mass is 320 g/mol. The smallest absolute Gasteiger partial charge is 0.234 e. The molecule has 0 aliphatic carbocycles. The molecule has 0 aromatic heterocycles. The van der Waals surface area contributed by atoms with E-state index in [4.69, 9.17) is 0 Å². The Morgan fingerprint density at radius 3 is 2.32 bits per heavy atom. The molecule has 0 aromatic rings. The van der Waals surface area contributed by atoms with Crippen molar-refractivity contribution < 1.29 is 14.4 Å². The normalized spacial score (nSPS) is 16.3. The lowest BCUT2D eigenvalue weighted by atomic mass is 10.4. The van der Waals surface area contributed by atoms with Gasteiger partial charge in [-0.15, -0.1) is 0 Å². The van der Waals surface area contributed by atoms with Crippen molar-refractivity contribution in [2.75, 3.05) is 59.9 Å². The number of ketones is 1. The number of nitrogens with one attached hydrogen (secondary N) is 1. The van der Waals surface area contributed by atoms with Crippen molar-refractivity contribution in [3.8, 4) is 0 Å². The third-order valence-electron chi connectivity index (χ3n) is 3.85. The first-order chi connectivity index (χ1) is 10.4. The van der Waals surface area contributed by atoms with Crippen LogP contribution in [0.1, 0.15) is 19.8 Å². The molecule has 1 saturated heterocycles. The molecule has 126 valence electrons. The van der Waals surface area contributed by atoms with Crippen LogP contribution in [0.2, 0.25) is 0 Å². The molecule has 22 heavy (non-hydrogen) atoms. The fraction of sp³-hybridized carbons (Fsp3) is 0.800. The topological polar surface area (TPSA) is 73.0 Å². The molecule has 1 heterocycles. The average Bonchev–Trinajstić information content (AvgIpc) is 2.47. The highest BCUT2D eigenvalue weighted by Gasteiger charge is 2.16. The van der Waals surface area contributed by atoms with Gasteiger partial charge in [0.25, 0.3) is 0 Å². The minimum absolute atomic E-state index is 0.00543. The Balaban J connectivity index is 2.13. The molecule has 2 amide bonds. The first-order valence-corrected chi connectivity index (χ1v) is 7.79. The van der Waals surface area contributed by atoms with Crippen molar-refractivity contribution in [3.63, 3.8) is 0 Å². The van der Waals surface area contributed by atoms with Gasteiger partial charge in [-0.3, -0.25) is 14.5 Å². The van der Waals surface area contributed by atoms with Crippen molar-refractivity contribution in [2.45, 2.75) is 19.8 Å². The summed E-state index contributed by atoms with van der Waals surface area (Å²) in [5.74, 6) is -0.0557. The molecule has 0 spiro atoms. The largest absolute Gasteiger partial charge is 0.353 e. The molecule has 0 bridgehead atoms. The summed E-state index contributed by atoms with van der Waals surface area (Å²) in [4.78, 5) is 40.3. The predicted molar refractivity (Wildman–Crippen MR) is 84.5 cm³/mol. The fourth-order valence-corrected chi connectivity index (χ4v) is 2.23. The van der Waals surface area contributed by atoms with Crippen LogP contribution in [0.5, 0.6) is 0 Å². The maximum Gasteiger partial charge on any atom is 0.234 e. The number of carbonyl (C=O) groups excluding carboxylic acids is 3. The Kier molecular flexibility index (Phi) is 8.05. The van der Waals surface area contributed by atoms with Crippen molar-refractivity contribution >= 4 is 17.6 Å². The molecule has 1 fully saturated rings. The lowest BCUT2D eigenvalue weighted by Crippen LogP contribution is -2.48. The van der Waals surface area contributed by atoms with Gasteiger partial charge in [0.15, 0.2) is 0 Å². The molecule has 0 radical (unpaired) electrons. The molecular weight excluding hydrogens is 292 g/mol. The second-order valence-corrected chi connectivity index (χ2v) is 5.95. The van der Waals surface area contributed by atoms with Gasteiger partial charge in [0.05, 0.1) is 6.54 Å². The number of rotatable bonds is 8. The molecule has 7 nitrogen and oxygen atoms in total. The summed E-state index contributed by atoms with van der Waals surface area (Å²) in [6, 6.07) is 0. The van der Waals surface area contributed by atoms with Crippen LogP contribution < -0.4 is 5.32 Å². The van der Waals surface area contributed by atoms with Crippen molar-refractivity contribution in [3.05, 3.63) is 0 Å². The van der Waals surface area contributed by atoms with E-state index in [1.165, 1.54) is 6.92 Å². The average molecular weight is 320 g/mol. The summed E-state index contributed by atoms with van der Waals surface area (Å²) in [5, 5.41) is 2.84. The van der Waals surface area contributed by atoms with Crippen LogP contribution in [-0.4, -0.2) is 92.2 Å². The number of hydrogen-bond donors (Lipinski definition) is 1. The zero-order valence-electron chi connectivity index (χ0n) is 13.9. The standard InChI is InChI=1S/C15H28N4O3/c1-13(20)4-5-15(22)18(3)7-6-16-14(21)12-19-10-8-17(2)9-11-19/h4-12H2,1-3H3,(H,16,21)/i4+1,5+1,6+1,12+1,13+1,15+1,16+1,19+1. The molecule has 0 unspecified atom stereocenters. The number of nitrogens with zero attached hydrogens (tertiary/aromatic N) is 3. The SMILES string of the molecule is C[13C](=O)[13CH2][13CH2][13C](=O)N(C)C[13CH2][15NH]C(=O)[13CH2][15N]1CCN(C)CC1. The summed E-state index contributed by atoms with van der Waals surface area (Å²) >= 11 is 0. The third kappa shape index (κ3) is 7.51. The number of carbonyl (C=O) groups is 3. The van der Waals surface area contributed by atoms with Gasteiger partial charge in [-0.2, -0.15) is 0 Å². The molecule has 0 atom stereocenters. The number of hydrogen-bond acceptors (Lipinski definition) is 5. The van der Waals surface area contributed by atoms with E-state index in [2.05, 4.69) is 22.2 Å². The van der Waals surface area contributed by atoms with E-state index in [-0.39, 0.29) is 30.4 Å². The first kappa shape index (κ1) is 18.6. The number of Topliss-reactive ketones (excluding diaryl/α,β-unsaturated/α-hetero) is 1. The van der Waals surface area contributed by atoms with Crippen LogP contribution in [0, 0.1) is 0 Å². The van der Waals surface area contributed by atoms with Crippen molar-refractivity contribution in [1.29, 1.82) is 0 Å². The Labute approximate surface area is 132 Å². The van der Waals surface area contributed by atoms with Gasteiger partial charge in [0.1, 0.15) is 5.78 Å².